The number of hydrogen-bond acceptors (Lipinski definition) is 2. The summed E-state index contributed by atoms with van der Waals surface area (Å²) >= 11 is 0. The molecule has 1 aromatic rings. The van der Waals surface area contributed by atoms with Crippen LogP contribution in [-0.2, 0) is 10.2 Å². The van der Waals surface area contributed by atoms with E-state index in [-0.39, 0.29) is 23.1 Å². The summed E-state index contributed by atoms with van der Waals surface area (Å²) in [5.74, 6) is -0.271. The monoisotopic (exact) mass is 316 g/mol. The average Bonchev–Trinajstić information content (AvgIpc) is 2.45. The zero-order chi connectivity index (χ0) is 17.4. The van der Waals surface area contributed by atoms with Crippen LogP contribution in [0.2, 0.25) is 0 Å². The van der Waals surface area contributed by atoms with Crippen molar-refractivity contribution in [1.29, 1.82) is 0 Å². The van der Waals surface area contributed by atoms with Gasteiger partial charge in [0.2, 0.25) is 5.91 Å². The van der Waals surface area contributed by atoms with Crippen molar-refractivity contribution in [2.45, 2.75) is 52.9 Å². The summed E-state index contributed by atoms with van der Waals surface area (Å²) in [6.07, 6.45) is 1.33. The minimum absolute atomic E-state index is 0.0664. The van der Waals surface area contributed by atoms with Crippen molar-refractivity contribution in [3.63, 3.8) is 0 Å². The molecule has 0 aliphatic carbocycles. The largest absolute Gasteiger partial charge is 0.369 e. The standard InChI is InChI=1S/C19H28N2O2/c1-12-10-15(19(3,4)5)11-13(2)16(12)18(23)21-8-6-14(7-9-21)17(20)22/h10-11,14H,6-9H2,1-5H3,(H2,20,22). The van der Waals surface area contributed by atoms with Crippen LogP contribution in [0.4, 0.5) is 0 Å². The number of likely N-dealkylation sites (tertiary alicyclic amines) is 1. The van der Waals surface area contributed by atoms with Crippen LogP contribution in [0.25, 0.3) is 0 Å². The first-order chi connectivity index (χ1) is 10.6. The predicted molar refractivity (Wildman–Crippen MR) is 92.4 cm³/mol. The molecular formula is C19H28N2O2. The number of benzene rings is 1. The number of primary amides is 1. The maximum Gasteiger partial charge on any atom is 0.254 e. The summed E-state index contributed by atoms with van der Waals surface area (Å²) in [4.78, 5) is 26.0. The topological polar surface area (TPSA) is 63.4 Å². The molecule has 4 heteroatoms. The molecule has 2 N–H and O–H groups in total. The number of nitrogens with two attached hydrogens (primary N) is 1. The third kappa shape index (κ3) is 3.74. The first kappa shape index (κ1) is 17.5. The summed E-state index contributed by atoms with van der Waals surface area (Å²) in [6.45, 7) is 11.8. The van der Waals surface area contributed by atoms with Crippen LogP contribution >= 0.6 is 0 Å². The molecule has 1 saturated heterocycles. The zero-order valence-corrected chi connectivity index (χ0v) is 14.9. The Kier molecular flexibility index (Phi) is 4.83. The smallest absolute Gasteiger partial charge is 0.254 e. The van der Waals surface area contributed by atoms with Crippen molar-refractivity contribution >= 4 is 11.8 Å². The predicted octanol–water partition coefficient (Wildman–Crippen LogP) is 2.94. The van der Waals surface area contributed by atoms with Gasteiger partial charge in [-0.25, -0.2) is 0 Å². The van der Waals surface area contributed by atoms with Gasteiger partial charge in [0.05, 0.1) is 0 Å². The first-order valence-corrected chi connectivity index (χ1v) is 8.31. The number of aryl methyl sites for hydroxylation is 2. The molecule has 126 valence electrons. The van der Waals surface area contributed by atoms with Crippen molar-refractivity contribution in [2.75, 3.05) is 13.1 Å². The number of carbonyl (C=O) groups is 2. The fraction of sp³-hybridized carbons (Fsp3) is 0.579. The highest BCUT2D eigenvalue weighted by atomic mass is 16.2. The maximum absolute atomic E-state index is 12.9. The van der Waals surface area contributed by atoms with Crippen LogP contribution in [0.5, 0.6) is 0 Å². The summed E-state index contributed by atoms with van der Waals surface area (Å²) in [5, 5.41) is 0. The first-order valence-electron chi connectivity index (χ1n) is 8.31. The third-order valence-electron chi connectivity index (χ3n) is 4.80. The van der Waals surface area contributed by atoms with E-state index in [1.807, 2.05) is 18.7 Å². The average molecular weight is 316 g/mol. The quantitative estimate of drug-likeness (QED) is 0.912. The van der Waals surface area contributed by atoms with Crippen LogP contribution in [0.1, 0.15) is 60.7 Å². The van der Waals surface area contributed by atoms with E-state index in [1.165, 1.54) is 5.56 Å². The Morgan fingerprint density at radius 3 is 1.96 bits per heavy atom. The molecule has 1 aliphatic rings. The minimum Gasteiger partial charge on any atom is -0.369 e. The van der Waals surface area contributed by atoms with Crippen LogP contribution in [0, 0.1) is 19.8 Å². The second-order valence-electron chi connectivity index (χ2n) is 7.70. The molecular weight excluding hydrogens is 288 g/mol. The van der Waals surface area contributed by atoms with Gasteiger partial charge in [-0.05, 0) is 48.8 Å². The van der Waals surface area contributed by atoms with Crippen molar-refractivity contribution in [2.24, 2.45) is 11.7 Å². The van der Waals surface area contributed by atoms with Crippen molar-refractivity contribution in [3.8, 4) is 0 Å². The molecule has 4 nitrogen and oxygen atoms in total. The molecule has 0 bridgehead atoms. The zero-order valence-electron chi connectivity index (χ0n) is 14.9. The van der Waals surface area contributed by atoms with Gasteiger partial charge in [0.1, 0.15) is 0 Å². The van der Waals surface area contributed by atoms with Gasteiger partial charge in [-0.1, -0.05) is 32.9 Å². The maximum atomic E-state index is 12.9. The highest BCUT2D eigenvalue weighted by molar-refractivity contribution is 5.97. The lowest BCUT2D eigenvalue weighted by atomic mass is 9.83. The fourth-order valence-corrected chi connectivity index (χ4v) is 3.26. The van der Waals surface area contributed by atoms with E-state index in [9.17, 15) is 9.59 Å². The van der Waals surface area contributed by atoms with Crippen molar-refractivity contribution in [1.82, 2.24) is 4.90 Å². The number of amides is 2. The molecule has 1 aromatic carbocycles. The molecule has 0 aromatic heterocycles. The molecule has 0 unspecified atom stereocenters. The van der Waals surface area contributed by atoms with Gasteiger partial charge in [0.25, 0.3) is 5.91 Å². The van der Waals surface area contributed by atoms with Gasteiger partial charge in [-0.3, -0.25) is 9.59 Å². The molecule has 23 heavy (non-hydrogen) atoms. The van der Waals surface area contributed by atoms with E-state index in [4.69, 9.17) is 5.73 Å². The Hall–Kier alpha value is -1.84. The van der Waals surface area contributed by atoms with Gasteiger partial charge in [0, 0.05) is 24.6 Å². The Labute approximate surface area is 139 Å². The lowest BCUT2D eigenvalue weighted by Gasteiger charge is -2.32. The molecule has 0 spiro atoms. The molecule has 1 aliphatic heterocycles. The summed E-state index contributed by atoms with van der Waals surface area (Å²) in [5.41, 5.74) is 9.53. The van der Waals surface area contributed by atoms with E-state index in [1.54, 1.807) is 0 Å². The Morgan fingerprint density at radius 2 is 1.57 bits per heavy atom. The molecule has 1 heterocycles. The van der Waals surface area contributed by atoms with Crippen molar-refractivity contribution in [3.05, 3.63) is 34.4 Å². The number of nitrogens with zero attached hydrogens (tertiary/aromatic N) is 1. The van der Waals surface area contributed by atoms with Crippen LogP contribution in [0.15, 0.2) is 12.1 Å². The van der Waals surface area contributed by atoms with E-state index in [0.717, 1.165) is 16.7 Å². The second kappa shape index (κ2) is 6.34. The summed E-state index contributed by atoms with van der Waals surface area (Å²) in [6, 6.07) is 4.24. The summed E-state index contributed by atoms with van der Waals surface area (Å²) < 4.78 is 0. The Balaban J connectivity index is 2.22. The van der Waals surface area contributed by atoms with Crippen LogP contribution < -0.4 is 5.73 Å². The SMILES string of the molecule is Cc1cc(C(C)(C)C)cc(C)c1C(=O)N1CCC(C(N)=O)CC1. The van der Waals surface area contributed by atoms with Gasteiger partial charge in [0.15, 0.2) is 0 Å². The molecule has 2 rings (SSSR count). The lowest BCUT2D eigenvalue weighted by Crippen LogP contribution is -2.42. The molecule has 0 saturated carbocycles. The Morgan fingerprint density at radius 1 is 1.09 bits per heavy atom. The highest BCUT2D eigenvalue weighted by Crippen LogP contribution is 2.28. The van der Waals surface area contributed by atoms with Gasteiger partial charge < -0.3 is 10.6 Å². The van der Waals surface area contributed by atoms with E-state index >= 15 is 0 Å². The molecule has 0 atom stereocenters. The van der Waals surface area contributed by atoms with E-state index < -0.39 is 0 Å². The van der Waals surface area contributed by atoms with Gasteiger partial charge >= 0.3 is 0 Å². The number of hydrogen-bond donors (Lipinski definition) is 1. The number of piperidine rings is 1. The summed E-state index contributed by atoms with van der Waals surface area (Å²) in [7, 11) is 0. The minimum atomic E-state index is -0.251. The van der Waals surface area contributed by atoms with Crippen LogP contribution in [0.3, 0.4) is 0 Å². The fourth-order valence-electron chi connectivity index (χ4n) is 3.26. The second-order valence-corrected chi connectivity index (χ2v) is 7.70. The Bertz CT molecular complexity index is 598. The van der Waals surface area contributed by atoms with Gasteiger partial charge in [-0.15, -0.1) is 0 Å². The highest BCUT2D eigenvalue weighted by Gasteiger charge is 2.28. The molecule has 1 fully saturated rings. The molecule has 0 radical (unpaired) electrons. The van der Waals surface area contributed by atoms with Crippen molar-refractivity contribution < 1.29 is 9.59 Å². The lowest BCUT2D eigenvalue weighted by molar-refractivity contribution is -0.123. The van der Waals surface area contributed by atoms with E-state index in [2.05, 4.69) is 32.9 Å². The van der Waals surface area contributed by atoms with E-state index in [0.29, 0.717) is 25.9 Å². The molecule has 2 amide bonds. The normalized spacial score (nSPS) is 16.5. The third-order valence-corrected chi connectivity index (χ3v) is 4.80. The number of rotatable bonds is 2. The van der Waals surface area contributed by atoms with Gasteiger partial charge in [-0.2, -0.15) is 0 Å². The number of carbonyl (C=O) groups excluding carboxylic acids is 2. The van der Waals surface area contributed by atoms with Crippen LogP contribution in [-0.4, -0.2) is 29.8 Å².